The van der Waals surface area contributed by atoms with Crippen molar-refractivity contribution in [2.75, 3.05) is 26.8 Å². The summed E-state index contributed by atoms with van der Waals surface area (Å²) in [4.78, 5) is 28.1. The van der Waals surface area contributed by atoms with Crippen LogP contribution in [0.3, 0.4) is 0 Å². The van der Waals surface area contributed by atoms with Gasteiger partial charge in [0.05, 0.1) is 32.3 Å². The van der Waals surface area contributed by atoms with Crippen LogP contribution in [0.2, 0.25) is 0 Å². The van der Waals surface area contributed by atoms with E-state index in [-0.39, 0.29) is 43.0 Å². The van der Waals surface area contributed by atoms with Crippen molar-refractivity contribution in [3.8, 4) is 17.6 Å². The maximum atomic E-state index is 12.5. The predicted octanol–water partition coefficient (Wildman–Crippen LogP) is 2.00. The Morgan fingerprint density at radius 3 is 2.58 bits per heavy atom. The SMILES string of the molecule is CCC(=O)N1CC(=O)N2[C@@H](CO)[C@@H](c3ccc(C#Cc4cccc(OC)c4)cc3)[C@@H]2C1. The zero-order valence-corrected chi connectivity index (χ0v) is 17.7. The number of hydrogen-bond acceptors (Lipinski definition) is 4. The maximum absolute atomic E-state index is 12.5. The molecule has 31 heavy (non-hydrogen) atoms. The number of amides is 2. The van der Waals surface area contributed by atoms with Crippen LogP contribution in [0.15, 0.2) is 48.5 Å². The molecule has 2 aromatic carbocycles. The van der Waals surface area contributed by atoms with Crippen LogP contribution >= 0.6 is 0 Å². The molecule has 0 bridgehead atoms. The predicted molar refractivity (Wildman–Crippen MR) is 117 cm³/mol. The van der Waals surface area contributed by atoms with Crippen LogP contribution in [0.25, 0.3) is 0 Å². The van der Waals surface area contributed by atoms with E-state index < -0.39 is 0 Å². The van der Waals surface area contributed by atoms with E-state index in [1.807, 2.05) is 48.5 Å². The van der Waals surface area contributed by atoms with Crippen LogP contribution in [-0.2, 0) is 9.59 Å². The molecule has 0 aromatic heterocycles. The minimum Gasteiger partial charge on any atom is -0.497 e. The molecule has 6 heteroatoms. The van der Waals surface area contributed by atoms with Gasteiger partial charge in [-0.15, -0.1) is 0 Å². The summed E-state index contributed by atoms with van der Waals surface area (Å²) in [5, 5.41) is 9.90. The van der Waals surface area contributed by atoms with E-state index in [1.165, 1.54) is 0 Å². The number of carbonyl (C=O) groups excluding carboxylic acids is 2. The molecule has 0 radical (unpaired) electrons. The number of hydrogen-bond donors (Lipinski definition) is 1. The highest BCUT2D eigenvalue weighted by molar-refractivity contribution is 5.87. The average Bonchev–Trinajstić information content (AvgIpc) is 2.79. The zero-order valence-electron chi connectivity index (χ0n) is 17.7. The van der Waals surface area contributed by atoms with Crippen molar-refractivity contribution >= 4 is 11.8 Å². The minimum absolute atomic E-state index is 0.00167. The largest absolute Gasteiger partial charge is 0.497 e. The number of rotatable bonds is 4. The first-order valence-corrected chi connectivity index (χ1v) is 10.5. The van der Waals surface area contributed by atoms with Crippen molar-refractivity contribution in [3.63, 3.8) is 0 Å². The molecule has 1 N–H and O–H groups in total. The Balaban J connectivity index is 1.52. The van der Waals surface area contributed by atoms with E-state index in [2.05, 4.69) is 11.8 Å². The van der Waals surface area contributed by atoms with Crippen LogP contribution in [0.4, 0.5) is 0 Å². The van der Waals surface area contributed by atoms with Gasteiger partial charge in [0.25, 0.3) is 0 Å². The average molecular weight is 418 g/mol. The number of nitrogens with zero attached hydrogens (tertiary/aromatic N) is 2. The molecule has 2 amide bonds. The molecule has 2 aromatic rings. The standard InChI is InChI=1S/C25H26N2O4/c1-3-23(29)26-14-21-25(22(16-28)27(21)24(30)15-26)19-11-9-17(10-12-19)7-8-18-5-4-6-20(13-18)31-2/h4-6,9-13,21-22,25,28H,3,14-16H2,1-2H3/t21-,22-,25-/m0/s1. The van der Waals surface area contributed by atoms with E-state index in [9.17, 15) is 14.7 Å². The van der Waals surface area contributed by atoms with Crippen molar-refractivity contribution < 1.29 is 19.4 Å². The van der Waals surface area contributed by atoms with Gasteiger partial charge in [-0.05, 0) is 35.9 Å². The third-order valence-electron chi connectivity index (χ3n) is 6.12. The lowest BCUT2D eigenvalue weighted by Gasteiger charge is -2.58. The number of aliphatic hydroxyl groups excluding tert-OH is 1. The van der Waals surface area contributed by atoms with E-state index in [1.54, 1.807) is 23.8 Å². The monoisotopic (exact) mass is 418 g/mol. The van der Waals surface area contributed by atoms with Gasteiger partial charge >= 0.3 is 0 Å². The zero-order chi connectivity index (χ0) is 22.0. The van der Waals surface area contributed by atoms with Crippen LogP contribution < -0.4 is 4.74 Å². The van der Waals surface area contributed by atoms with E-state index in [4.69, 9.17) is 4.74 Å². The molecule has 2 heterocycles. The number of piperazine rings is 1. The Bertz CT molecular complexity index is 1040. The second kappa shape index (κ2) is 8.83. The molecule has 2 saturated heterocycles. The number of aliphatic hydroxyl groups is 1. The molecule has 2 fully saturated rings. The highest BCUT2D eigenvalue weighted by Crippen LogP contribution is 2.42. The Hall–Kier alpha value is -3.30. The van der Waals surface area contributed by atoms with Crippen molar-refractivity contribution in [1.29, 1.82) is 0 Å². The molecule has 6 nitrogen and oxygen atoms in total. The highest BCUT2D eigenvalue weighted by atomic mass is 16.5. The fraction of sp³-hybridized carbons (Fsp3) is 0.360. The van der Waals surface area contributed by atoms with Gasteiger partial charge in [0.15, 0.2) is 0 Å². The Morgan fingerprint density at radius 1 is 1.16 bits per heavy atom. The molecule has 2 aliphatic heterocycles. The molecule has 0 unspecified atom stereocenters. The highest BCUT2D eigenvalue weighted by Gasteiger charge is 2.54. The van der Waals surface area contributed by atoms with E-state index >= 15 is 0 Å². The summed E-state index contributed by atoms with van der Waals surface area (Å²) in [5.74, 6) is 6.97. The number of carbonyl (C=O) groups is 2. The second-order valence-corrected chi connectivity index (χ2v) is 7.88. The molecule has 2 aliphatic rings. The molecule has 0 saturated carbocycles. The molecule has 0 aliphatic carbocycles. The number of methoxy groups -OCH3 is 1. The number of ether oxygens (including phenoxy) is 1. The van der Waals surface area contributed by atoms with Crippen LogP contribution in [0.1, 0.15) is 36.0 Å². The van der Waals surface area contributed by atoms with Gasteiger partial charge in [-0.25, -0.2) is 0 Å². The summed E-state index contributed by atoms with van der Waals surface area (Å²) in [6.07, 6.45) is 0.384. The second-order valence-electron chi connectivity index (χ2n) is 7.88. The molecule has 0 spiro atoms. The number of benzene rings is 2. The molecular weight excluding hydrogens is 392 g/mol. The molecule has 3 atom stereocenters. The van der Waals surface area contributed by atoms with Crippen LogP contribution in [0.5, 0.6) is 5.75 Å². The summed E-state index contributed by atoms with van der Waals surface area (Å²) in [7, 11) is 1.63. The lowest BCUT2D eigenvalue weighted by atomic mass is 9.73. The molecule has 160 valence electrons. The van der Waals surface area contributed by atoms with Gasteiger partial charge in [0.2, 0.25) is 11.8 Å². The number of fused-ring (bicyclic) bond motifs is 1. The van der Waals surface area contributed by atoms with Crippen LogP contribution in [-0.4, -0.2) is 65.6 Å². The Morgan fingerprint density at radius 2 is 1.90 bits per heavy atom. The third-order valence-corrected chi connectivity index (χ3v) is 6.12. The first kappa shape index (κ1) is 21.0. The van der Waals surface area contributed by atoms with Crippen molar-refractivity contribution in [2.24, 2.45) is 0 Å². The fourth-order valence-corrected chi connectivity index (χ4v) is 4.55. The fourth-order valence-electron chi connectivity index (χ4n) is 4.55. The summed E-state index contributed by atoms with van der Waals surface area (Å²) >= 11 is 0. The van der Waals surface area contributed by atoms with Crippen molar-refractivity contribution in [1.82, 2.24) is 9.80 Å². The van der Waals surface area contributed by atoms with Gasteiger partial charge in [-0.2, -0.15) is 0 Å². The van der Waals surface area contributed by atoms with Gasteiger partial charge in [0.1, 0.15) is 5.75 Å². The summed E-state index contributed by atoms with van der Waals surface area (Å²) < 4.78 is 5.23. The van der Waals surface area contributed by atoms with Gasteiger partial charge in [0, 0.05) is 30.0 Å². The summed E-state index contributed by atoms with van der Waals surface area (Å²) in [5.41, 5.74) is 2.80. The minimum atomic E-state index is -0.245. The molecular formula is C25H26N2O4. The topological polar surface area (TPSA) is 70.1 Å². The quantitative estimate of drug-likeness (QED) is 0.772. The van der Waals surface area contributed by atoms with Gasteiger partial charge in [-0.3, -0.25) is 9.59 Å². The van der Waals surface area contributed by atoms with Gasteiger partial charge < -0.3 is 19.6 Å². The van der Waals surface area contributed by atoms with E-state index in [0.29, 0.717) is 13.0 Å². The lowest BCUT2D eigenvalue weighted by Crippen LogP contribution is -2.73. The summed E-state index contributed by atoms with van der Waals surface area (Å²) in [6, 6.07) is 15.2. The first-order valence-electron chi connectivity index (χ1n) is 10.5. The third kappa shape index (κ3) is 4.01. The lowest BCUT2D eigenvalue weighted by molar-refractivity contribution is -0.166. The maximum Gasteiger partial charge on any atom is 0.242 e. The van der Waals surface area contributed by atoms with Crippen molar-refractivity contribution in [3.05, 3.63) is 65.2 Å². The Labute approximate surface area is 182 Å². The smallest absolute Gasteiger partial charge is 0.242 e. The van der Waals surface area contributed by atoms with E-state index in [0.717, 1.165) is 22.4 Å². The normalized spacial score (nSPS) is 22.2. The van der Waals surface area contributed by atoms with Crippen LogP contribution in [0, 0.1) is 11.8 Å². The van der Waals surface area contributed by atoms with Gasteiger partial charge in [-0.1, -0.05) is 37.0 Å². The molecule has 4 rings (SSSR count). The van der Waals surface area contributed by atoms with Crippen molar-refractivity contribution in [2.45, 2.75) is 31.3 Å². The Kier molecular flexibility index (Phi) is 5.97. The summed E-state index contributed by atoms with van der Waals surface area (Å²) in [6.45, 7) is 2.33. The first-order chi connectivity index (χ1) is 15.0.